The van der Waals surface area contributed by atoms with Gasteiger partial charge in [0, 0.05) is 26.2 Å². The summed E-state index contributed by atoms with van der Waals surface area (Å²) in [5.74, 6) is 1.24. The standard InChI is InChI=1S/C16H18N6O2/c1-4-13-19-14(20-24-13)15-18-10-12(21(15)3)16(23)22(5-2)11-7-6-8-17-9-11/h6-10H,4-5H2,1-3H3. The molecule has 1 amide bonds. The Kier molecular flexibility index (Phi) is 4.37. The molecule has 3 heterocycles. The van der Waals surface area contributed by atoms with E-state index in [9.17, 15) is 4.79 Å². The molecule has 0 atom stereocenters. The largest absolute Gasteiger partial charge is 0.339 e. The molecule has 124 valence electrons. The van der Waals surface area contributed by atoms with Crippen molar-refractivity contribution in [1.29, 1.82) is 0 Å². The molecule has 0 saturated heterocycles. The lowest BCUT2D eigenvalue weighted by Crippen LogP contribution is -2.32. The molecule has 8 heteroatoms. The van der Waals surface area contributed by atoms with E-state index in [1.165, 1.54) is 6.20 Å². The number of pyridine rings is 1. The number of aryl methyl sites for hydroxylation is 1. The topological polar surface area (TPSA) is 89.9 Å². The maximum atomic E-state index is 12.9. The van der Waals surface area contributed by atoms with Crippen LogP contribution in [0.1, 0.15) is 30.2 Å². The van der Waals surface area contributed by atoms with Gasteiger partial charge in [0.05, 0.1) is 18.1 Å². The Balaban J connectivity index is 1.93. The molecule has 0 aliphatic rings. The predicted molar refractivity (Wildman–Crippen MR) is 87.5 cm³/mol. The highest BCUT2D eigenvalue weighted by Gasteiger charge is 2.23. The van der Waals surface area contributed by atoms with E-state index in [1.807, 2.05) is 19.9 Å². The van der Waals surface area contributed by atoms with Crippen molar-refractivity contribution < 1.29 is 9.32 Å². The van der Waals surface area contributed by atoms with E-state index >= 15 is 0 Å². The average Bonchev–Trinajstić information content (AvgIpc) is 3.22. The Morgan fingerprint density at radius 2 is 2.17 bits per heavy atom. The number of rotatable bonds is 5. The van der Waals surface area contributed by atoms with E-state index in [1.54, 1.807) is 35.0 Å². The third-order valence-electron chi connectivity index (χ3n) is 3.70. The first-order chi connectivity index (χ1) is 11.7. The fourth-order valence-electron chi connectivity index (χ4n) is 2.40. The predicted octanol–water partition coefficient (Wildman–Crippen LogP) is 2.09. The molecule has 0 saturated carbocycles. The number of imidazole rings is 1. The van der Waals surface area contributed by atoms with Crippen LogP contribution >= 0.6 is 0 Å². The van der Waals surface area contributed by atoms with Crippen LogP contribution in [0.15, 0.2) is 35.2 Å². The number of carbonyl (C=O) groups is 1. The minimum Gasteiger partial charge on any atom is -0.339 e. The number of hydrogen-bond donors (Lipinski definition) is 0. The van der Waals surface area contributed by atoms with Crippen LogP contribution in [-0.4, -0.2) is 37.1 Å². The Bertz CT molecular complexity index is 839. The molecule has 0 bridgehead atoms. The van der Waals surface area contributed by atoms with E-state index in [0.29, 0.717) is 36.2 Å². The lowest BCUT2D eigenvalue weighted by Gasteiger charge is -2.20. The second kappa shape index (κ2) is 6.61. The van der Waals surface area contributed by atoms with Gasteiger partial charge in [-0.05, 0) is 19.1 Å². The van der Waals surface area contributed by atoms with Crippen molar-refractivity contribution in [2.75, 3.05) is 11.4 Å². The highest BCUT2D eigenvalue weighted by atomic mass is 16.5. The molecule has 24 heavy (non-hydrogen) atoms. The fraction of sp³-hybridized carbons (Fsp3) is 0.312. The van der Waals surface area contributed by atoms with Crippen LogP contribution in [0.4, 0.5) is 5.69 Å². The van der Waals surface area contributed by atoms with Crippen molar-refractivity contribution in [1.82, 2.24) is 24.7 Å². The molecule has 3 aromatic heterocycles. The highest BCUT2D eigenvalue weighted by Crippen LogP contribution is 2.19. The molecule has 0 spiro atoms. The Morgan fingerprint density at radius 1 is 1.33 bits per heavy atom. The second-order valence-corrected chi connectivity index (χ2v) is 5.15. The summed E-state index contributed by atoms with van der Waals surface area (Å²) in [6.45, 7) is 4.36. The van der Waals surface area contributed by atoms with Gasteiger partial charge in [-0.25, -0.2) is 4.98 Å². The lowest BCUT2D eigenvalue weighted by molar-refractivity contribution is 0.0980. The van der Waals surface area contributed by atoms with Crippen LogP contribution in [0.2, 0.25) is 0 Å². The Labute approximate surface area is 139 Å². The van der Waals surface area contributed by atoms with Gasteiger partial charge < -0.3 is 14.0 Å². The molecule has 3 rings (SSSR count). The summed E-state index contributed by atoms with van der Waals surface area (Å²) in [6, 6.07) is 3.64. The van der Waals surface area contributed by atoms with Crippen LogP contribution < -0.4 is 4.90 Å². The van der Waals surface area contributed by atoms with E-state index in [0.717, 1.165) is 5.69 Å². The summed E-state index contributed by atoms with van der Waals surface area (Å²) in [5.41, 5.74) is 1.18. The second-order valence-electron chi connectivity index (χ2n) is 5.15. The smallest absolute Gasteiger partial charge is 0.276 e. The van der Waals surface area contributed by atoms with Gasteiger partial charge in [-0.3, -0.25) is 9.78 Å². The third-order valence-corrected chi connectivity index (χ3v) is 3.70. The van der Waals surface area contributed by atoms with E-state index in [2.05, 4.69) is 20.1 Å². The molecule has 0 unspecified atom stereocenters. The molecule has 0 N–H and O–H groups in total. The molecule has 0 radical (unpaired) electrons. The first kappa shape index (κ1) is 15.9. The van der Waals surface area contributed by atoms with Crippen molar-refractivity contribution in [3.05, 3.63) is 42.3 Å². The van der Waals surface area contributed by atoms with Gasteiger partial charge in [0.1, 0.15) is 5.69 Å². The van der Waals surface area contributed by atoms with Crippen molar-refractivity contribution in [2.24, 2.45) is 7.05 Å². The van der Waals surface area contributed by atoms with Crippen molar-refractivity contribution in [3.8, 4) is 11.6 Å². The molecule has 0 aromatic carbocycles. The zero-order valence-corrected chi connectivity index (χ0v) is 13.8. The number of amides is 1. The molecule has 0 aliphatic heterocycles. The summed E-state index contributed by atoms with van der Waals surface area (Å²) in [4.78, 5) is 27.1. The van der Waals surface area contributed by atoms with Gasteiger partial charge in [0.25, 0.3) is 5.91 Å². The van der Waals surface area contributed by atoms with E-state index < -0.39 is 0 Å². The van der Waals surface area contributed by atoms with Crippen LogP contribution in [0, 0.1) is 0 Å². The van der Waals surface area contributed by atoms with Crippen LogP contribution in [0.25, 0.3) is 11.6 Å². The number of aromatic nitrogens is 5. The van der Waals surface area contributed by atoms with Gasteiger partial charge in [0.2, 0.25) is 11.7 Å². The molecule has 8 nitrogen and oxygen atoms in total. The van der Waals surface area contributed by atoms with Crippen molar-refractivity contribution in [3.63, 3.8) is 0 Å². The summed E-state index contributed by atoms with van der Waals surface area (Å²) in [5, 5.41) is 3.91. The van der Waals surface area contributed by atoms with Crippen LogP contribution in [-0.2, 0) is 13.5 Å². The first-order valence-corrected chi connectivity index (χ1v) is 7.72. The average molecular weight is 326 g/mol. The molecule has 0 aliphatic carbocycles. The fourth-order valence-corrected chi connectivity index (χ4v) is 2.40. The number of carbonyl (C=O) groups excluding carboxylic acids is 1. The number of anilines is 1. The third kappa shape index (κ3) is 2.78. The van der Waals surface area contributed by atoms with Crippen molar-refractivity contribution >= 4 is 11.6 Å². The SMILES string of the molecule is CCc1nc(-c2ncc(C(=O)N(CC)c3cccnc3)n2C)no1. The van der Waals surface area contributed by atoms with E-state index in [-0.39, 0.29) is 5.91 Å². The van der Waals surface area contributed by atoms with Gasteiger partial charge in [-0.2, -0.15) is 4.98 Å². The number of nitrogens with zero attached hydrogens (tertiary/aromatic N) is 6. The molecular weight excluding hydrogens is 308 g/mol. The quantitative estimate of drug-likeness (QED) is 0.713. The van der Waals surface area contributed by atoms with Gasteiger partial charge in [0.15, 0.2) is 5.82 Å². The monoisotopic (exact) mass is 326 g/mol. The molecular formula is C16H18N6O2. The minimum atomic E-state index is -0.161. The Hall–Kier alpha value is -3.03. The normalized spacial score (nSPS) is 10.8. The molecule has 3 aromatic rings. The van der Waals surface area contributed by atoms with Gasteiger partial charge in [-0.15, -0.1) is 0 Å². The maximum absolute atomic E-state index is 12.9. The Morgan fingerprint density at radius 3 is 2.79 bits per heavy atom. The van der Waals surface area contributed by atoms with Gasteiger partial charge >= 0.3 is 0 Å². The summed E-state index contributed by atoms with van der Waals surface area (Å²) in [7, 11) is 1.76. The van der Waals surface area contributed by atoms with Crippen molar-refractivity contribution in [2.45, 2.75) is 20.3 Å². The maximum Gasteiger partial charge on any atom is 0.276 e. The zero-order chi connectivity index (χ0) is 17.1. The summed E-state index contributed by atoms with van der Waals surface area (Å²) < 4.78 is 6.79. The van der Waals surface area contributed by atoms with Crippen LogP contribution in [0.3, 0.4) is 0 Å². The lowest BCUT2D eigenvalue weighted by atomic mass is 10.3. The molecule has 0 fully saturated rings. The first-order valence-electron chi connectivity index (χ1n) is 7.72. The highest BCUT2D eigenvalue weighted by molar-refractivity contribution is 6.05. The number of hydrogen-bond acceptors (Lipinski definition) is 6. The van der Waals surface area contributed by atoms with E-state index in [4.69, 9.17) is 4.52 Å². The van der Waals surface area contributed by atoms with Crippen LogP contribution in [0.5, 0.6) is 0 Å². The summed E-state index contributed by atoms with van der Waals surface area (Å²) >= 11 is 0. The minimum absolute atomic E-state index is 0.161. The summed E-state index contributed by atoms with van der Waals surface area (Å²) in [6.07, 6.45) is 5.50. The van der Waals surface area contributed by atoms with Gasteiger partial charge in [-0.1, -0.05) is 12.1 Å². The zero-order valence-electron chi connectivity index (χ0n) is 13.8.